The van der Waals surface area contributed by atoms with Gasteiger partial charge in [-0.15, -0.1) is 11.3 Å². The van der Waals surface area contributed by atoms with E-state index in [1.807, 2.05) is 0 Å². The van der Waals surface area contributed by atoms with Crippen molar-refractivity contribution in [1.29, 1.82) is 0 Å². The van der Waals surface area contributed by atoms with E-state index in [0.29, 0.717) is 17.5 Å². The number of hydrogen-bond donors (Lipinski definition) is 0. The Labute approximate surface area is 321 Å². The molecule has 256 valence electrons. The minimum Gasteiger partial charge on any atom is -0.208 e. The first-order valence-electron chi connectivity index (χ1n) is 18.5. The first-order valence-corrected chi connectivity index (χ1v) is 19.3. The molecule has 3 nitrogen and oxygen atoms in total. The summed E-state index contributed by atoms with van der Waals surface area (Å²) in [5.74, 6) is 1.94. The molecule has 0 fully saturated rings. The third-order valence-corrected chi connectivity index (χ3v) is 11.9. The zero-order valence-corrected chi connectivity index (χ0v) is 30.5. The molecule has 9 aromatic carbocycles. The van der Waals surface area contributed by atoms with Crippen molar-refractivity contribution < 1.29 is 0 Å². The van der Waals surface area contributed by atoms with E-state index in [4.69, 9.17) is 15.0 Å². The Morgan fingerprint density at radius 2 is 0.927 bits per heavy atom. The van der Waals surface area contributed by atoms with E-state index in [1.165, 1.54) is 47.3 Å². The fourth-order valence-corrected chi connectivity index (χ4v) is 9.36. The summed E-state index contributed by atoms with van der Waals surface area (Å²) in [6.45, 7) is 0. The molecule has 55 heavy (non-hydrogen) atoms. The van der Waals surface area contributed by atoms with E-state index in [9.17, 15) is 0 Å². The Morgan fingerprint density at radius 3 is 1.80 bits per heavy atom. The highest BCUT2D eigenvalue weighted by Gasteiger charge is 2.21. The normalized spacial score (nSPS) is 11.6. The number of rotatable bonds is 5. The van der Waals surface area contributed by atoms with Gasteiger partial charge in [-0.3, -0.25) is 0 Å². The maximum Gasteiger partial charge on any atom is 0.165 e. The monoisotopic (exact) mass is 717 g/mol. The van der Waals surface area contributed by atoms with Crippen LogP contribution in [0, 0.1) is 0 Å². The van der Waals surface area contributed by atoms with Crippen LogP contribution in [0.15, 0.2) is 188 Å². The highest BCUT2D eigenvalue weighted by Crippen LogP contribution is 2.42. The van der Waals surface area contributed by atoms with Crippen molar-refractivity contribution in [3.8, 4) is 56.4 Å². The van der Waals surface area contributed by atoms with Crippen molar-refractivity contribution in [1.82, 2.24) is 15.0 Å². The molecule has 0 unspecified atom stereocenters. The molecule has 11 rings (SSSR count). The predicted octanol–water partition coefficient (Wildman–Crippen LogP) is 14.0. The van der Waals surface area contributed by atoms with E-state index in [0.717, 1.165) is 44.2 Å². The van der Waals surface area contributed by atoms with Crippen LogP contribution in [0.1, 0.15) is 0 Å². The first-order chi connectivity index (χ1) is 27.3. The van der Waals surface area contributed by atoms with Crippen molar-refractivity contribution in [2.45, 2.75) is 0 Å². The molecule has 11 aromatic rings. The summed E-state index contributed by atoms with van der Waals surface area (Å²) in [6, 6.07) is 66.9. The van der Waals surface area contributed by atoms with E-state index < -0.39 is 0 Å². The second kappa shape index (κ2) is 12.8. The number of benzene rings is 9. The third kappa shape index (κ3) is 5.30. The van der Waals surface area contributed by atoms with Gasteiger partial charge in [0.2, 0.25) is 0 Å². The van der Waals surface area contributed by atoms with Crippen LogP contribution < -0.4 is 0 Å². The predicted molar refractivity (Wildman–Crippen MR) is 232 cm³/mol. The first kappa shape index (κ1) is 31.5. The summed E-state index contributed by atoms with van der Waals surface area (Å²) in [7, 11) is 0. The van der Waals surface area contributed by atoms with Crippen molar-refractivity contribution >= 4 is 63.8 Å². The van der Waals surface area contributed by atoms with Gasteiger partial charge in [-0.1, -0.05) is 164 Å². The topological polar surface area (TPSA) is 38.7 Å². The highest BCUT2D eigenvalue weighted by atomic mass is 32.1. The summed E-state index contributed by atoms with van der Waals surface area (Å²) in [4.78, 5) is 16.1. The lowest BCUT2D eigenvalue weighted by Crippen LogP contribution is -2.02. The molecule has 0 radical (unpaired) electrons. The molecule has 2 aromatic heterocycles. The summed E-state index contributed by atoms with van der Waals surface area (Å²) < 4.78 is 2.42. The summed E-state index contributed by atoms with van der Waals surface area (Å²) >= 11 is 1.79. The molecule has 0 amide bonds. The fourth-order valence-electron chi connectivity index (χ4n) is 8.15. The lowest BCUT2D eigenvalue weighted by Gasteiger charge is -2.15. The van der Waals surface area contributed by atoms with Crippen LogP contribution in [0.25, 0.3) is 109 Å². The van der Waals surface area contributed by atoms with Crippen molar-refractivity contribution in [2.75, 3.05) is 0 Å². The molecule has 0 saturated carbocycles. The number of aromatic nitrogens is 3. The number of fused-ring (bicyclic) bond motifs is 7. The van der Waals surface area contributed by atoms with Gasteiger partial charge >= 0.3 is 0 Å². The molecular formula is C51H31N3S. The van der Waals surface area contributed by atoms with Crippen LogP contribution >= 0.6 is 11.3 Å². The molecule has 0 atom stereocenters. The Bertz CT molecular complexity index is 3270. The lowest BCUT2D eigenvalue weighted by molar-refractivity contribution is 1.08. The van der Waals surface area contributed by atoms with Crippen molar-refractivity contribution in [3.63, 3.8) is 0 Å². The van der Waals surface area contributed by atoms with Gasteiger partial charge in [-0.05, 0) is 78.8 Å². The summed E-state index contributed by atoms with van der Waals surface area (Å²) in [5, 5.41) is 9.62. The molecule has 2 heterocycles. The summed E-state index contributed by atoms with van der Waals surface area (Å²) in [5.41, 5.74) is 7.43. The minimum atomic E-state index is 0.636. The standard InChI is InChI=1S/C51H31N3S/c1-2-14-32(15-3-1)39-29-28-33-16-4-7-21-38(33)47(39)51-53-49(52-50(54-51)44-26-13-25-43-42-24-10-11-27-46(42)55-48(43)44)36-19-12-18-34(30-36)45-31-35-17-5-6-20-37(35)40-22-8-9-23-41(40)45/h1-31H. The molecule has 0 aliphatic rings. The van der Waals surface area contributed by atoms with Crippen LogP contribution in [0.2, 0.25) is 0 Å². The molecular weight excluding hydrogens is 687 g/mol. The molecule has 0 aliphatic heterocycles. The zero-order valence-electron chi connectivity index (χ0n) is 29.6. The molecule has 0 aliphatic carbocycles. The van der Waals surface area contributed by atoms with Crippen molar-refractivity contribution in [2.24, 2.45) is 0 Å². The molecule has 0 saturated heterocycles. The van der Waals surface area contributed by atoms with Crippen LogP contribution in [-0.4, -0.2) is 15.0 Å². The van der Waals surface area contributed by atoms with E-state index in [1.54, 1.807) is 11.3 Å². The Morgan fingerprint density at radius 1 is 0.309 bits per heavy atom. The zero-order chi connectivity index (χ0) is 36.3. The second-order valence-corrected chi connectivity index (χ2v) is 15.0. The van der Waals surface area contributed by atoms with Crippen molar-refractivity contribution in [3.05, 3.63) is 188 Å². The molecule has 4 heteroatoms. The van der Waals surface area contributed by atoms with Gasteiger partial charge in [-0.25, -0.2) is 15.0 Å². The Hall–Kier alpha value is -7.01. The van der Waals surface area contributed by atoms with Gasteiger partial charge < -0.3 is 0 Å². The van der Waals surface area contributed by atoms with E-state index in [-0.39, 0.29) is 0 Å². The van der Waals surface area contributed by atoms with Crippen LogP contribution in [0.5, 0.6) is 0 Å². The third-order valence-electron chi connectivity index (χ3n) is 10.7. The van der Waals surface area contributed by atoms with Crippen LogP contribution in [-0.2, 0) is 0 Å². The van der Waals surface area contributed by atoms with Gasteiger partial charge in [0, 0.05) is 36.9 Å². The van der Waals surface area contributed by atoms with Gasteiger partial charge in [0.05, 0.1) is 0 Å². The van der Waals surface area contributed by atoms with Gasteiger partial charge in [0.25, 0.3) is 0 Å². The lowest BCUT2D eigenvalue weighted by atomic mass is 9.92. The molecule has 0 N–H and O–H groups in total. The average Bonchev–Trinajstić information content (AvgIpc) is 3.65. The largest absolute Gasteiger partial charge is 0.208 e. The van der Waals surface area contributed by atoms with Crippen LogP contribution in [0.3, 0.4) is 0 Å². The number of nitrogens with zero attached hydrogens (tertiary/aromatic N) is 3. The minimum absolute atomic E-state index is 0.636. The Balaban J connectivity index is 1.19. The Kier molecular flexibility index (Phi) is 7.35. The number of thiophene rings is 1. The van der Waals surface area contributed by atoms with E-state index >= 15 is 0 Å². The summed E-state index contributed by atoms with van der Waals surface area (Å²) in [6.07, 6.45) is 0. The quantitative estimate of drug-likeness (QED) is 0.166. The van der Waals surface area contributed by atoms with E-state index in [2.05, 4.69) is 188 Å². The maximum absolute atomic E-state index is 5.40. The highest BCUT2D eigenvalue weighted by molar-refractivity contribution is 7.26. The van der Waals surface area contributed by atoms with Gasteiger partial charge in [0.15, 0.2) is 17.5 Å². The second-order valence-electron chi connectivity index (χ2n) is 13.9. The smallest absolute Gasteiger partial charge is 0.165 e. The fraction of sp³-hybridized carbons (Fsp3) is 0. The molecule has 0 bridgehead atoms. The van der Waals surface area contributed by atoms with Gasteiger partial charge in [0.1, 0.15) is 0 Å². The molecule has 0 spiro atoms. The van der Waals surface area contributed by atoms with Crippen LogP contribution in [0.4, 0.5) is 0 Å². The maximum atomic E-state index is 5.40. The average molecular weight is 718 g/mol. The van der Waals surface area contributed by atoms with Gasteiger partial charge in [-0.2, -0.15) is 0 Å². The number of hydrogen-bond acceptors (Lipinski definition) is 4. The SMILES string of the molecule is c1ccc(-c2ccc3ccccc3c2-c2nc(-c3cccc(-c4cc5ccccc5c5ccccc45)c3)nc(-c3cccc4c3sc3ccccc34)n2)cc1.